The van der Waals surface area contributed by atoms with Crippen molar-refractivity contribution in [3.05, 3.63) is 18.7 Å². The van der Waals surface area contributed by atoms with E-state index in [0.29, 0.717) is 5.92 Å². The van der Waals surface area contributed by atoms with E-state index in [1.807, 2.05) is 12.5 Å². The van der Waals surface area contributed by atoms with E-state index in [1.54, 1.807) is 6.20 Å². The van der Waals surface area contributed by atoms with Gasteiger partial charge >= 0.3 is 0 Å². The normalized spacial score (nSPS) is 23.2. The van der Waals surface area contributed by atoms with Crippen LogP contribution in [0, 0.1) is 11.8 Å². The highest BCUT2D eigenvalue weighted by molar-refractivity contribution is 5.79. The van der Waals surface area contributed by atoms with Gasteiger partial charge in [0.05, 0.1) is 12.2 Å². The predicted octanol–water partition coefficient (Wildman–Crippen LogP) is 0.635. The molecular formula is C13H22N4O. The van der Waals surface area contributed by atoms with E-state index in [4.69, 9.17) is 0 Å². The molecule has 2 N–H and O–H groups in total. The number of nitrogens with zero attached hydrogens (tertiary/aromatic N) is 2. The molecule has 5 nitrogen and oxygen atoms in total. The molecule has 2 rings (SSSR count). The van der Waals surface area contributed by atoms with Gasteiger partial charge in [0.2, 0.25) is 5.91 Å². The molecule has 0 bridgehead atoms. The van der Waals surface area contributed by atoms with Crippen molar-refractivity contribution in [3.63, 3.8) is 0 Å². The van der Waals surface area contributed by atoms with E-state index in [9.17, 15) is 4.79 Å². The number of rotatable bonds is 6. The Kier molecular flexibility index (Phi) is 4.75. The molecule has 0 radical (unpaired) electrons. The molecule has 1 fully saturated rings. The number of unbranched alkanes of at least 4 members (excludes halogenated alkanes) is 1. The lowest BCUT2D eigenvalue weighted by Crippen LogP contribution is -2.34. The first-order chi connectivity index (χ1) is 8.77. The number of aromatic nitrogens is 2. The van der Waals surface area contributed by atoms with Crippen LogP contribution < -0.4 is 10.6 Å². The standard InChI is InChI=1S/C13H22N4O/c1-11-8-15-9-12(11)13(18)16-4-2-3-6-17-7-5-14-10-17/h5,7,10-12,15H,2-4,6,8-9H2,1H3,(H,16,18). The van der Waals surface area contributed by atoms with Crippen LogP contribution in [0.3, 0.4) is 0 Å². The van der Waals surface area contributed by atoms with Gasteiger partial charge in [0.15, 0.2) is 0 Å². The number of nitrogens with one attached hydrogen (secondary N) is 2. The Labute approximate surface area is 108 Å². The molecule has 2 atom stereocenters. The van der Waals surface area contributed by atoms with Gasteiger partial charge in [-0.3, -0.25) is 4.79 Å². The molecular weight excluding hydrogens is 228 g/mol. The van der Waals surface area contributed by atoms with Crippen molar-refractivity contribution in [1.82, 2.24) is 20.2 Å². The van der Waals surface area contributed by atoms with Gasteiger partial charge in [0.25, 0.3) is 0 Å². The molecule has 1 amide bonds. The number of aryl methyl sites for hydroxylation is 1. The molecule has 1 aromatic rings. The first kappa shape index (κ1) is 13.1. The maximum atomic E-state index is 11.9. The fraction of sp³-hybridized carbons (Fsp3) is 0.692. The fourth-order valence-corrected chi connectivity index (χ4v) is 2.34. The largest absolute Gasteiger partial charge is 0.356 e. The lowest BCUT2D eigenvalue weighted by Gasteiger charge is -2.14. The Balaban J connectivity index is 1.56. The van der Waals surface area contributed by atoms with Gasteiger partial charge in [0.1, 0.15) is 0 Å². The minimum Gasteiger partial charge on any atom is -0.356 e. The molecule has 0 saturated carbocycles. The third-order valence-corrected chi connectivity index (χ3v) is 3.56. The molecule has 1 aliphatic heterocycles. The summed E-state index contributed by atoms with van der Waals surface area (Å²) in [7, 11) is 0. The predicted molar refractivity (Wildman–Crippen MR) is 70.0 cm³/mol. The van der Waals surface area contributed by atoms with Crippen molar-refractivity contribution >= 4 is 5.91 Å². The van der Waals surface area contributed by atoms with Crippen LogP contribution in [0.15, 0.2) is 18.7 Å². The highest BCUT2D eigenvalue weighted by Crippen LogP contribution is 2.15. The first-order valence-corrected chi connectivity index (χ1v) is 6.71. The number of carbonyl (C=O) groups excluding carboxylic acids is 1. The summed E-state index contributed by atoms with van der Waals surface area (Å²) in [5, 5.41) is 6.28. The Morgan fingerprint density at radius 2 is 2.39 bits per heavy atom. The van der Waals surface area contributed by atoms with Crippen molar-refractivity contribution < 1.29 is 4.79 Å². The second kappa shape index (κ2) is 6.54. The molecule has 5 heteroatoms. The lowest BCUT2D eigenvalue weighted by molar-refractivity contribution is -0.125. The number of imidazole rings is 1. The van der Waals surface area contributed by atoms with E-state index < -0.39 is 0 Å². The average molecular weight is 250 g/mol. The number of amides is 1. The van der Waals surface area contributed by atoms with Crippen LogP contribution in [0.1, 0.15) is 19.8 Å². The molecule has 0 spiro atoms. The van der Waals surface area contributed by atoms with Gasteiger partial charge < -0.3 is 15.2 Å². The van der Waals surface area contributed by atoms with Crippen molar-refractivity contribution in [3.8, 4) is 0 Å². The first-order valence-electron chi connectivity index (χ1n) is 6.71. The van der Waals surface area contributed by atoms with E-state index in [2.05, 4.69) is 27.1 Å². The third kappa shape index (κ3) is 3.57. The van der Waals surface area contributed by atoms with Gasteiger partial charge in [-0.15, -0.1) is 0 Å². The third-order valence-electron chi connectivity index (χ3n) is 3.56. The summed E-state index contributed by atoms with van der Waals surface area (Å²) >= 11 is 0. The molecule has 1 aromatic heterocycles. The summed E-state index contributed by atoms with van der Waals surface area (Å²) in [5.41, 5.74) is 0. The highest BCUT2D eigenvalue weighted by Gasteiger charge is 2.28. The maximum absolute atomic E-state index is 11.9. The summed E-state index contributed by atoms with van der Waals surface area (Å²) in [4.78, 5) is 15.9. The fourth-order valence-electron chi connectivity index (χ4n) is 2.34. The summed E-state index contributed by atoms with van der Waals surface area (Å²) in [6.07, 6.45) is 7.65. The smallest absolute Gasteiger partial charge is 0.224 e. The minimum atomic E-state index is 0.152. The minimum absolute atomic E-state index is 0.152. The Morgan fingerprint density at radius 3 is 3.06 bits per heavy atom. The van der Waals surface area contributed by atoms with Gasteiger partial charge in [-0.2, -0.15) is 0 Å². The lowest BCUT2D eigenvalue weighted by atomic mass is 9.97. The summed E-state index contributed by atoms with van der Waals surface area (Å²) in [5.74, 6) is 0.810. The molecule has 0 aliphatic carbocycles. The monoisotopic (exact) mass is 250 g/mol. The highest BCUT2D eigenvalue weighted by atomic mass is 16.1. The van der Waals surface area contributed by atoms with Gasteiger partial charge in [-0.25, -0.2) is 4.98 Å². The SMILES string of the molecule is CC1CNCC1C(=O)NCCCCn1ccnc1. The topological polar surface area (TPSA) is 59.0 Å². The number of hydrogen-bond acceptors (Lipinski definition) is 3. The van der Waals surface area contributed by atoms with E-state index >= 15 is 0 Å². The Bertz CT molecular complexity index is 363. The number of hydrogen-bond donors (Lipinski definition) is 2. The van der Waals surface area contributed by atoms with Gasteiger partial charge in [-0.1, -0.05) is 6.92 Å². The molecule has 2 unspecified atom stereocenters. The van der Waals surface area contributed by atoms with Crippen molar-refractivity contribution in [2.75, 3.05) is 19.6 Å². The van der Waals surface area contributed by atoms with Crippen LogP contribution >= 0.6 is 0 Å². The van der Waals surface area contributed by atoms with Crippen LogP contribution in [0.25, 0.3) is 0 Å². The van der Waals surface area contributed by atoms with Gasteiger partial charge in [-0.05, 0) is 25.3 Å². The summed E-state index contributed by atoms with van der Waals surface area (Å²) < 4.78 is 2.06. The van der Waals surface area contributed by atoms with Crippen LogP contribution in [-0.2, 0) is 11.3 Å². The van der Waals surface area contributed by atoms with Crippen molar-refractivity contribution in [1.29, 1.82) is 0 Å². The second-order valence-electron chi connectivity index (χ2n) is 5.04. The zero-order valence-electron chi connectivity index (χ0n) is 10.9. The van der Waals surface area contributed by atoms with Crippen LogP contribution in [-0.4, -0.2) is 35.1 Å². The van der Waals surface area contributed by atoms with E-state index in [0.717, 1.165) is 39.0 Å². The van der Waals surface area contributed by atoms with Gasteiger partial charge in [0, 0.05) is 32.0 Å². The molecule has 18 heavy (non-hydrogen) atoms. The zero-order valence-corrected chi connectivity index (χ0v) is 10.9. The summed E-state index contributed by atoms with van der Waals surface area (Å²) in [6, 6.07) is 0. The van der Waals surface area contributed by atoms with Crippen LogP contribution in [0.2, 0.25) is 0 Å². The van der Waals surface area contributed by atoms with Crippen LogP contribution in [0.4, 0.5) is 0 Å². The molecule has 0 aromatic carbocycles. The number of carbonyl (C=O) groups is 1. The van der Waals surface area contributed by atoms with Crippen LogP contribution in [0.5, 0.6) is 0 Å². The maximum Gasteiger partial charge on any atom is 0.224 e. The Morgan fingerprint density at radius 1 is 1.50 bits per heavy atom. The molecule has 1 aliphatic rings. The second-order valence-corrected chi connectivity index (χ2v) is 5.04. The van der Waals surface area contributed by atoms with E-state index in [1.165, 1.54) is 0 Å². The van der Waals surface area contributed by atoms with Crippen molar-refractivity contribution in [2.24, 2.45) is 11.8 Å². The molecule has 1 saturated heterocycles. The molecule has 100 valence electrons. The quantitative estimate of drug-likeness (QED) is 0.728. The molecule has 2 heterocycles. The zero-order chi connectivity index (χ0) is 12.8. The van der Waals surface area contributed by atoms with E-state index in [-0.39, 0.29) is 11.8 Å². The van der Waals surface area contributed by atoms with Crippen molar-refractivity contribution in [2.45, 2.75) is 26.3 Å². The summed E-state index contributed by atoms with van der Waals surface area (Å²) in [6.45, 7) is 5.65. The Hall–Kier alpha value is -1.36. The average Bonchev–Trinajstić information content (AvgIpc) is 2.99.